The Kier molecular flexibility index (Phi) is 7.97. The smallest absolute Gasteiger partial charge is 0.344 e. The number of carboxylic acid groups (broad SMARTS) is 1. The summed E-state index contributed by atoms with van der Waals surface area (Å²) in [7, 11) is 1.69. The molecule has 1 saturated carbocycles. The summed E-state index contributed by atoms with van der Waals surface area (Å²) in [4.78, 5) is 11.6. The van der Waals surface area contributed by atoms with Crippen molar-refractivity contribution in [1.82, 2.24) is 0 Å². The van der Waals surface area contributed by atoms with E-state index in [0.717, 1.165) is 31.4 Å². The first-order valence-corrected chi connectivity index (χ1v) is 10.8. The van der Waals surface area contributed by atoms with Crippen LogP contribution in [0.3, 0.4) is 0 Å². The lowest BCUT2D eigenvalue weighted by Crippen LogP contribution is -2.26. The average molecular weight is 397 g/mol. The Morgan fingerprint density at radius 3 is 2.45 bits per heavy atom. The summed E-state index contributed by atoms with van der Waals surface area (Å²) in [5.41, 5.74) is 2.54. The standard InChI is InChI=1S/C25H32O4/c1-28-23-13-8-7-12-21(23)11-3-2-4-14-24(25(26)27)29-22-17-15-20(16-18-22)19-9-5-6-10-19/h7-8,12-13,15-19,24H,2-6,9-11,14H2,1H3,(H,26,27). The molecule has 0 heterocycles. The molecule has 3 rings (SSSR count). The number of ether oxygens (including phenoxy) is 2. The summed E-state index contributed by atoms with van der Waals surface area (Å²) in [6.45, 7) is 0. The highest BCUT2D eigenvalue weighted by molar-refractivity contribution is 5.72. The molecule has 2 aromatic carbocycles. The first kappa shape index (κ1) is 21.2. The van der Waals surface area contributed by atoms with Crippen LogP contribution in [0, 0.1) is 0 Å². The van der Waals surface area contributed by atoms with Crippen molar-refractivity contribution in [2.24, 2.45) is 0 Å². The zero-order valence-corrected chi connectivity index (χ0v) is 17.3. The third kappa shape index (κ3) is 6.25. The Bertz CT molecular complexity index is 763. The highest BCUT2D eigenvalue weighted by Gasteiger charge is 2.20. The quantitative estimate of drug-likeness (QED) is 0.474. The van der Waals surface area contributed by atoms with Crippen LogP contribution in [0.2, 0.25) is 0 Å². The van der Waals surface area contributed by atoms with E-state index >= 15 is 0 Å². The van der Waals surface area contributed by atoms with E-state index in [1.54, 1.807) is 7.11 Å². The fourth-order valence-electron chi connectivity index (χ4n) is 4.21. The molecule has 1 aliphatic carbocycles. The van der Waals surface area contributed by atoms with Crippen molar-refractivity contribution in [1.29, 1.82) is 0 Å². The monoisotopic (exact) mass is 396 g/mol. The molecule has 0 aromatic heterocycles. The molecule has 1 N–H and O–H groups in total. The number of carboxylic acids is 1. The maximum Gasteiger partial charge on any atom is 0.344 e. The largest absolute Gasteiger partial charge is 0.496 e. The average Bonchev–Trinajstić information content (AvgIpc) is 3.28. The lowest BCUT2D eigenvalue weighted by atomic mass is 9.98. The molecule has 2 aromatic rings. The third-order valence-corrected chi connectivity index (χ3v) is 5.87. The van der Waals surface area contributed by atoms with Crippen LogP contribution in [0.1, 0.15) is 68.4 Å². The molecule has 1 unspecified atom stereocenters. The van der Waals surface area contributed by atoms with Crippen molar-refractivity contribution in [2.75, 3.05) is 7.11 Å². The normalized spacial score (nSPS) is 15.2. The maximum absolute atomic E-state index is 11.6. The van der Waals surface area contributed by atoms with Gasteiger partial charge in [-0.05, 0) is 73.8 Å². The third-order valence-electron chi connectivity index (χ3n) is 5.87. The Balaban J connectivity index is 1.43. The van der Waals surface area contributed by atoms with E-state index in [9.17, 15) is 9.90 Å². The molecule has 4 nitrogen and oxygen atoms in total. The summed E-state index contributed by atoms with van der Waals surface area (Å²) in [5.74, 6) is 1.32. The minimum Gasteiger partial charge on any atom is -0.496 e. The highest BCUT2D eigenvalue weighted by atomic mass is 16.5. The van der Waals surface area contributed by atoms with Gasteiger partial charge >= 0.3 is 5.97 Å². The summed E-state index contributed by atoms with van der Waals surface area (Å²) in [6, 6.07) is 16.1. The number of benzene rings is 2. The minimum absolute atomic E-state index is 0.519. The molecule has 0 bridgehead atoms. The highest BCUT2D eigenvalue weighted by Crippen LogP contribution is 2.34. The molecule has 0 amide bonds. The molecule has 0 aliphatic heterocycles. The van der Waals surface area contributed by atoms with Gasteiger partial charge in [0.2, 0.25) is 0 Å². The Morgan fingerprint density at radius 1 is 1.03 bits per heavy atom. The van der Waals surface area contributed by atoms with Crippen LogP contribution >= 0.6 is 0 Å². The molecule has 1 fully saturated rings. The zero-order valence-electron chi connectivity index (χ0n) is 17.3. The van der Waals surface area contributed by atoms with E-state index in [-0.39, 0.29) is 0 Å². The van der Waals surface area contributed by atoms with E-state index in [4.69, 9.17) is 9.47 Å². The van der Waals surface area contributed by atoms with Crippen molar-refractivity contribution in [3.8, 4) is 11.5 Å². The van der Waals surface area contributed by atoms with E-state index in [2.05, 4.69) is 18.2 Å². The predicted molar refractivity (Wildman–Crippen MR) is 115 cm³/mol. The van der Waals surface area contributed by atoms with Crippen LogP contribution < -0.4 is 9.47 Å². The molecule has 1 aliphatic rings. The number of rotatable bonds is 11. The molecular weight excluding hydrogens is 364 g/mol. The number of hydrogen-bond donors (Lipinski definition) is 1. The second kappa shape index (κ2) is 10.9. The van der Waals surface area contributed by atoms with Crippen LogP contribution in [0.5, 0.6) is 11.5 Å². The van der Waals surface area contributed by atoms with E-state index < -0.39 is 12.1 Å². The van der Waals surface area contributed by atoms with Gasteiger partial charge in [0.15, 0.2) is 6.10 Å². The van der Waals surface area contributed by atoms with E-state index in [1.165, 1.54) is 36.8 Å². The second-order valence-electron chi connectivity index (χ2n) is 7.91. The van der Waals surface area contributed by atoms with Gasteiger partial charge in [-0.2, -0.15) is 0 Å². The molecule has 29 heavy (non-hydrogen) atoms. The van der Waals surface area contributed by atoms with Gasteiger partial charge in [0, 0.05) is 0 Å². The number of unbranched alkanes of at least 4 members (excludes halogenated alkanes) is 2. The number of para-hydroxylation sites is 1. The minimum atomic E-state index is -0.894. The van der Waals surface area contributed by atoms with Crippen molar-refractivity contribution in [3.63, 3.8) is 0 Å². The Labute approximate surface area is 173 Å². The molecule has 1 atom stereocenters. The fourth-order valence-corrected chi connectivity index (χ4v) is 4.21. The molecule has 4 heteroatoms. The molecule has 0 spiro atoms. The number of aryl methyl sites for hydroxylation is 1. The molecule has 0 radical (unpaired) electrons. The molecule has 0 saturated heterocycles. The maximum atomic E-state index is 11.6. The van der Waals surface area contributed by atoms with Crippen molar-refractivity contribution < 1.29 is 19.4 Å². The van der Waals surface area contributed by atoms with Crippen LogP contribution in [0.15, 0.2) is 48.5 Å². The van der Waals surface area contributed by atoms with Crippen LogP contribution in [-0.2, 0) is 11.2 Å². The first-order valence-electron chi connectivity index (χ1n) is 10.8. The Hall–Kier alpha value is -2.49. The van der Waals surface area contributed by atoms with Gasteiger partial charge in [-0.3, -0.25) is 0 Å². The van der Waals surface area contributed by atoms with Gasteiger partial charge in [0.25, 0.3) is 0 Å². The number of hydrogen-bond acceptors (Lipinski definition) is 3. The summed E-state index contributed by atoms with van der Waals surface area (Å²) < 4.78 is 11.2. The van der Waals surface area contributed by atoms with Gasteiger partial charge in [-0.15, -0.1) is 0 Å². The SMILES string of the molecule is COc1ccccc1CCCCCC(Oc1ccc(C2CCCC2)cc1)C(=O)O. The summed E-state index contributed by atoms with van der Waals surface area (Å²) >= 11 is 0. The number of aliphatic carboxylic acids is 1. The van der Waals surface area contributed by atoms with Gasteiger partial charge in [-0.25, -0.2) is 4.79 Å². The van der Waals surface area contributed by atoms with Crippen LogP contribution in [-0.4, -0.2) is 24.3 Å². The predicted octanol–water partition coefficient (Wildman–Crippen LogP) is 5.99. The lowest BCUT2D eigenvalue weighted by molar-refractivity contribution is -0.145. The molecule has 156 valence electrons. The van der Waals surface area contributed by atoms with Gasteiger partial charge in [0.1, 0.15) is 11.5 Å². The van der Waals surface area contributed by atoms with Crippen LogP contribution in [0.25, 0.3) is 0 Å². The van der Waals surface area contributed by atoms with Crippen LogP contribution in [0.4, 0.5) is 0 Å². The zero-order chi connectivity index (χ0) is 20.5. The fraction of sp³-hybridized carbons (Fsp3) is 0.480. The topological polar surface area (TPSA) is 55.8 Å². The van der Waals surface area contributed by atoms with Gasteiger partial charge in [-0.1, -0.05) is 49.6 Å². The van der Waals surface area contributed by atoms with E-state index in [0.29, 0.717) is 18.1 Å². The number of carbonyl (C=O) groups is 1. The second-order valence-corrected chi connectivity index (χ2v) is 7.91. The van der Waals surface area contributed by atoms with Crippen molar-refractivity contribution in [3.05, 3.63) is 59.7 Å². The summed E-state index contributed by atoms with van der Waals surface area (Å²) in [6.07, 6.45) is 8.58. The van der Waals surface area contributed by atoms with Gasteiger partial charge < -0.3 is 14.6 Å². The van der Waals surface area contributed by atoms with Crippen molar-refractivity contribution in [2.45, 2.75) is 69.8 Å². The summed E-state index contributed by atoms with van der Waals surface area (Å²) in [5, 5.41) is 9.52. The first-order chi connectivity index (χ1) is 14.2. The number of methoxy groups -OCH3 is 1. The van der Waals surface area contributed by atoms with E-state index in [1.807, 2.05) is 30.3 Å². The molecular formula is C25H32O4. The Morgan fingerprint density at radius 2 is 1.76 bits per heavy atom. The van der Waals surface area contributed by atoms with Crippen molar-refractivity contribution >= 4 is 5.97 Å². The van der Waals surface area contributed by atoms with Gasteiger partial charge in [0.05, 0.1) is 7.11 Å². The lowest BCUT2D eigenvalue weighted by Gasteiger charge is -2.16.